The zero-order valence-corrected chi connectivity index (χ0v) is 21.3. The van der Waals surface area contributed by atoms with Crippen molar-refractivity contribution in [2.75, 3.05) is 45.7 Å². The Hall–Kier alpha value is -2.56. The lowest BCUT2D eigenvalue weighted by Crippen LogP contribution is -2.50. The van der Waals surface area contributed by atoms with Crippen molar-refractivity contribution in [1.82, 2.24) is 20.5 Å². The Morgan fingerprint density at radius 1 is 1.19 bits per heavy atom. The minimum Gasteiger partial charge on any atom is -0.497 e. The van der Waals surface area contributed by atoms with Gasteiger partial charge in [-0.2, -0.15) is 0 Å². The Balaban J connectivity index is 0.00000363. The zero-order valence-electron chi connectivity index (χ0n) is 19.0. The third-order valence-electron chi connectivity index (χ3n) is 5.29. The summed E-state index contributed by atoms with van der Waals surface area (Å²) >= 11 is 0. The summed E-state index contributed by atoms with van der Waals surface area (Å²) in [5.41, 5.74) is 1.07. The number of ether oxygens (including phenoxy) is 1. The first kappa shape index (κ1) is 25.7. The van der Waals surface area contributed by atoms with E-state index in [4.69, 9.17) is 9.73 Å². The molecule has 0 bridgehead atoms. The number of nitrogens with zero attached hydrogens (tertiary/aromatic N) is 4. The number of piperidine rings is 1. The van der Waals surface area contributed by atoms with Crippen molar-refractivity contribution in [3.05, 3.63) is 54.2 Å². The van der Waals surface area contributed by atoms with Gasteiger partial charge in [-0.15, -0.1) is 24.0 Å². The van der Waals surface area contributed by atoms with Crippen LogP contribution in [0.4, 0.5) is 5.82 Å². The van der Waals surface area contributed by atoms with Gasteiger partial charge in [0.2, 0.25) is 5.91 Å². The number of nitrogens with one attached hydrogen (secondary N) is 2. The maximum atomic E-state index is 12.0. The number of hydrogen-bond acceptors (Lipinski definition) is 5. The van der Waals surface area contributed by atoms with E-state index in [1.807, 2.05) is 48.7 Å². The smallest absolute Gasteiger partial charge is 0.241 e. The second-order valence-electron chi connectivity index (χ2n) is 7.75. The SMILES string of the molecule is COc1ccc(CN=C(NCC(=O)N(C)C)NC2CCN(c3ccccn3)CC2)cc1.I. The fourth-order valence-electron chi connectivity index (χ4n) is 3.36. The number of rotatable bonds is 7. The average molecular weight is 552 g/mol. The third kappa shape index (κ3) is 7.85. The van der Waals surface area contributed by atoms with Crippen molar-refractivity contribution in [3.63, 3.8) is 0 Å². The van der Waals surface area contributed by atoms with Crippen LogP contribution in [-0.4, -0.2) is 68.6 Å². The van der Waals surface area contributed by atoms with Crippen molar-refractivity contribution < 1.29 is 9.53 Å². The van der Waals surface area contributed by atoms with Crippen LogP contribution in [0, 0.1) is 0 Å². The van der Waals surface area contributed by atoms with Gasteiger partial charge in [0, 0.05) is 39.4 Å². The average Bonchev–Trinajstić information content (AvgIpc) is 2.81. The third-order valence-corrected chi connectivity index (χ3v) is 5.29. The number of halogens is 1. The summed E-state index contributed by atoms with van der Waals surface area (Å²) in [6.45, 7) is 2.57. The molecule has 174 valence electrons. The van der Waals surface area contributed by atoms with Crippen LogP contribution in [0.1, 0.15) is 18.4 Å². The molecule has 32 heavy (non-hydrogen) atoms. The first-order valence-corrected chi connectivity index (χ1v) is 10.6. The monoisotopic (exact) mass is 552 g/mol. The molecule has 1 saturated heterocycles. The maximum Gasteiger partial charge on any atom is 0.241 e. The van der Waals surface area contributed by atoms with Crippen molar-refractivity contribution >= 4 is 41.7 Å². The minimum atomic E-state index is 0. The number of guanidine groups is 1. The van der Waals surface area contributed by atoms with Crippen LogP contribution in [0.25, 0.3) is 0 Å². The zero-order chi connectivity index (χ0) is 22.1. The fourth-order valence-corrected chi connectivity index (χ4v) is 3.36. The lowest BCUT2D eigenvalue weighted by atomic mass is 10.1. The molecule has 0 saturated carbocycles. The molecule has 2 heterocycles. The molecule has 2 aromatic rings. The van der Waals surface area contributed by atoms with Crippen LogP contribution in [0.5, 0.6) is 5.75 Å². The Kier molecular flexibility index (Phi) is 10.5. The van der Waals surface area contributed by atoms with E-state index in [1.165, 1.54) is 0 Å². The van der Waals surface area contributed by atoms with E-state index < -0.39 is 0 Å². The summed E-state index contributed by atoms with van der Waals surface area (Å²) in [4.78, 5) is 25.1. The number of aromatic nitrogens is 1. The van der Waals surface area contributed by atoms with Crippen molar-refractivity contribution in [3.8, 4) is 5.75 Å². The first-order valence-electron chi connectivity index (χ1n) is 10.6. The van der Waals surface area contributed by atoms with E-state index in [-0.39, 0.29) is 42.5 Å². The number of methoxy groups -OCH3 is 1. The minimum absolute atomic E-state index is 0. The molecule has 8 nitrogen and oxygen atoms in total. The summed E-state index contributed by atoms with van der Waals surface area (Å²) in [6.07, 6.45) is 3.78. The number of hydrogen-bond donors (Lipinski definition) is 2. The molecule has 1 fully saturated rings. The maximum absolute atomic E-state index is 12.0. The highest BCUT2D eigenvalue weighted by Crippen LogP contribution is 2.17. The Labute approximate surface area is 207 Å². The van der Waals surface area contributed by atoms with Gasteiger partial charge >= 0.3 is 0 Å². The van der Waals surface area contributed by atoms with E-state index in [0.29, 0.717) is 12.5 Å². The molecule has 1 aromatic carbocycles. The van der Waals surface area contributed by atoms with E-state index in [1.54, 1.807) is 26.1 Å². The summed E-state index contributed by atoms with van der Waals surface area (Å²) < 4.78 is 5.21. The largest absolute Gasteiger partial charge is 0.497 e. The van der Waals surface area contributed by atoms with Crippen molar-refractivity contribution in [2.45, 2.75) is 25.4 Å². The van der Waals surface area contributed by atoms with Gasteiger partial charge in [0.15, 0.2) is 5.96 Å². The molecule has 3 rings (SSSR count). The van der Waals surface area contributed by atoms with Gasteiger partial charge in [0.25, 0.3) is 0 Å². The summed E-state index contributed by atoms with van der Waals surface area (Å²) in [5.74, 6) is 2.50. The van der Waals surface area contributed by atoms with Gasteiger partial charge in [-0.1, -0.05) is 18.2 Å². The van der Waals surface area contributed by atoms with E-state index >= 15 is 0 Å². The highest BCUT2D eigenvalue weighted by molar-refractivity contribution is 14.0. The highest BCUT2D eigenvalue weighted by atomic mass is 127. The molecule has 1 amide bonds. The molecule has 0 aliphatic carbocycles. The second kappa shape index (κ2) is 13.1. The number of carbonyl (C=O) groups excluding carboxylic acids is 1. The molecule has 9 heteroatoms. The number of anilines is 1. The molecular formula is C23H33IN6O2. The predicted molar refractivity (Wildman–Crippen MR) is 139 cm³/mol. The van der Waals surface area contributed by atoms with Gasteiger partial charge in [-0.05, 0) is 42.7 Å². The first-order chi connectivity index (χ1) is 15.0. The number of likely N-dealkylation sites (N-methyl/N-ethyl adjacent to an activating group) is 1. The van der Waals surface area contributed by atoms with Gasteiger partial charge in [0.05, 0.1) is 20.2 Å². The highest BCUT2D eigenvalue weighted by Gasteiger charge is 2.21. The molecule has 0 radical (unpaired) electrons. The molecule has 1 aromatic heterocycles. The second-order valence-corrected chi connectivity index (χ2v) is 7.75. The van der Waals surface area contributed by atoms with E-state index in [9.17, 15) is 4.79 Å². The van der Waals surface area contributed by atoms with Crippen LogP contribution in [0.15, 0.2) is 53.7 Å². The van der Waals surface area contributed by atoms with Crippen molar-refractivity contribution in [1.29, 1.82) is 0 Å². The number of carbonyl (C=O) groups is 1. The van der Waals surface area contributed by atoms with Crippen LogP contribution < -0.4 is 20.3 Å². The summed E-state index contributed by atoms with van der Waals surface area (Å²) in [5, 5.41) is 6.69. The lowest BCUT2D eigenvalue weighted by molar-refractivity contribution is -0.127. The quantitative estimate of drug-likeness (QED) is 0.312. The van der Waals surface area contributed by atoms with Gasteiger partial charge in [0.1, 0.15) is 11.6 Å². The molecule has 1 aliphatic rings. The van der Waals surface area contributed by atoms with Crippen LogP contribution >= 0.6 is 24.0 Å². The Morgan fingerprint density at radius 2 is 1.91 bits per heavy atom. The number of pyridine rings is 1. The number of benzene rings is 1. The lowest BCUT2D eigenvalue weighted by Gasteiger charge is -2.33. The van der Waals surface area contributed by atoms with Gasteiger partial charge in [-0.25, -0.2) is 9.98 Å². The molecule has 0 atom stereocenters. The van der Waals surface area contributed by atoms with Crippen LogP contribution in [0.3, 0.4) is 0 Å². The molecule has 2 N–H and O–H groups in total. The van der Waals surface area contributed by atoms with E-state index in [2.05, 4.69) is 20.5 Å². The van der Waals surface area contributed by atoms with Crippen molar-refractivity contribution in [2.24, 2.45) is 4.99 Å². The Bertz CT molecular complexity index is 853. The summed E-state index contributed by atoms with van der Waals surface area (Å²) in [7, 11) is 5.15. The van der Waals surface area contributed by atoms with Crippen LogP contribution in [0.2, 0.25) is 0 Å². The molecule has 0 spiro atoms. The Morgan fingerprint density at radius 3 is 2.50 bits per heavy atom. The molecular weight excluding hydrogens is 519 g/mol. The summed E-state index contributed by atoms with van der Waals surface area (Å²) in [6, 6.07) is 14.1. The topological polar surface area (TPSA) is 82.1 Å². The standard InChI is InChI=1S/C23H32N6O2.HI/c1-28(2)22(30)17-26-23(25-16-18-7-9-20(31-3)10-8-18)27-19-11-14-29(15-12-19)21-6-4-5-13-24-21;/h4-10,13,19H,11-12,14-17H2,1-3H3,(H2,25,26,27);1H. The fraction of sp³-hybridized carbons (Fsp3) is 0.435. The normalized spacial score (nSPS) is 14.3. The molecule has 1 aliphatic heterocycles. The number of amides is 1. The van der Waals surface area contributed by atoms with Gasteiger partial charge in [-0.3, -0.25) is 4.79 Å². The predicted octanol–water partition coefficient (Wildman–Crippen LogP) is 2.50. The van der Waals surface area contributed by atoms with Gasteiger partial charge < -0.3 is 25.2 Å². The molecule has 0 unspecified atom stereocenters. The van der Waals surface area contributed by atoms with Crippen LogP contribution in [-0.2, 0) is 11.3 Å². The van der Waals surface area contributed by atoms with E-state index in [0.717, 1.165) is 43.1 Å². The number of aliphatic imine (C=N–C) groups is 1.